The van der Waals surface area contributed by atoms with E-state index in [0.29, 0.717) is 19.1 Å². The first-order chi connectivity index (χ1) is 9.93. The maximum absolute atomic E-state index is 11.5. The van der Waals surface area contributed by atoms with Crippen LogP contribution in [0, 0.1) is 6.92 Å². The molecule has 2 rings (SSSR count). The highest BCUT2D eigenvalue weighted by atomic mass is 16.5. The molecular weight excluding hydrogens is 266 g/mol. The Morgan fingerprint density at radius 1 is 1.48 bits per heavy atom. The third-order valence-electron chi connectivity index (χ3n) is 3.17. The van der Waals surface area contributed by atoms with Gasteiger partial charge in [0.25, 0.3) is 0 Å². The van der Waals surface area contributed by atoms with Crippen LogP contribution >= 0.6 is 0 Å². The molecule has 1 aromatic carbocycles. The highest BCUT2D eigenvalue weighted by molar-refractivity contribution is 6.01. The fourth-order valence-electron chi connectivity index (χ4n) is 2.18. The molecule has 1 aliphatic rings. The van der Waals surface area contributed by atoms with Gasteiger partial charge in [0.2, 0.25) is 5.90 Å². The summed E-state index contributed by atoms with van der Waals surface area (Å²) in [7, 11) is 0. The quantitative estimate of drug-likeness (QED) is 0.631. The van der Waals surface area contributed by atoms with Crippen LogP contribution < -0.4 is 0 Å². The lowest BCUT2D eigenvalue weighted by atomic mass is 10.0. The van der Waals surface area contributed by atoms with Crippen LogP contribution in [0.3, 0.4) is 0 Å². The molecule has 0 saturated heterocycles. The number of ether oxygens (including phenoxy) is 2. The Hall–Kier alpha value is -2.10. The SMILES string of the molecule is CCOC(=O)/C=C/c1cccc(C)c1C1=NC(C)(C)CO1. The van der Waals surface area contributed by atoms with Gasteiger partial charge in [0, 0.05) is 11.6 Å². The molecule has 112 valence electrons. The normalized spacial score (nSPS) is 16.7. The summed E-state index contributed by atoms with van der Waals surface area (Å²) in [5.41, 5.74) is 2.69. The lowest BCUT2D eigenvalue weighted by molar-refractivity contribution is -0.137. The summed E-state index contributed by atoms with van der Waals surface area (Å²) in [5, 5.41) is 0. The number of aryl methyl sites for hydroxylation is 1. The van der Waals surface area contributed by atoms with E-state index in [0.717, 1.165) is 16.7 Å². The number of hydrogen-bond acceptors (Lipinski definition) is 4. The molecule has 1 aliphatic heterocycles. The monoisotopic (exact) mass is 287 g/mol. The minimum atomic E-state index is -0.348. The topological polar surface area (TPSA) is 47.9 Å². The summed E-state index contributed by atoms with van der Waals surface area (Å²) in [6.07, 6.45) is 3.18. The number of benzene rings is 1. The Morgan fingerprint density at radius 2 is 2.24 bits per heavy atom. The Kier molecular flexibility index (Phi) is 4.46. The first kappa shape index (κ1) is 15.3. The van der Waals surface area contributed by atoms with Crippen LogP contribution in [0.2, 0.25) is 0 Å². The van der Waals surface area contributed by atoms with E-state index in [9.17, 15) is 4.79 Å². The van der Waals surface area contributed by atoms with Crippen molar-refractivity contribution in [3.63, 3.8) is 0 Å². The van der Waals surface area contributed by atoms with Crippen molar-refractivity contribution in [3.8, 4) is 0 Å². The third-order valence-corrected chi connectivity index (χ3v) is 3.17. The number of aliphatic imine (C=N–C) groups is 1. The summed E-state index contributed by atoms with van der Waals surface area (Å²) in [5.74, 6) is 0.293. The van der Waals surface area contributed by atoms with Gasteiger partial charge >= 0.3 is 5.97 Å². The van der Waals surface area contributed by atoms with Gasteiger partial charge in [0.15, 0.2) is 0 Å². The minimum absolute atomic E-state index is 0.209. The minimum Gasteiger partial charge on any atom is -0.475 e. The van der Waals surface area contributed by atoms with E-state index in [2.05, 4.69) is 4.99 Å². The summed E-state index contributed by atoms with van der Waals surface area (Å²) in [6.45, 7) is 8.80. The van der Waals surface area contributed by atoms with E-state index < -0.39 is 0 Å². The van der Waals surface area contributed by atoms with Crippen LogP contribution in [-0.4, -0.2) is 30.6 Å². The van der Waals surface area contributed by atoms with Crippen molar-refractivity contribution in [2.45, 2.75) is 33.2 Å². The van der Waals surface area contributed by atoms with Gasteiger partial charge < -0.3 is 9.47 Å². The maximum Gasteiger partial charge on any atom is 0.330 e. The zero-order valence-electron chi connectivity index (χ0n) is 13.0. The Labute approximate surface area is 125 Å². The largest absolute Gasteiger partial charge is 0.475 e. The van der Waals surface area contributed by atoms with E-state index in [1.54, 1.807) is 13.0 Å². The molecule has 0 radical (unpaired) electrons. The average Bonchev–Trinajstić information content (AvgIpc) is 2.76. The van der Waals surface area contributed by atoms with E-state index in [1.807, 2.05) is 39.0 Å². The number of hydrogen-bond donors (Lipinski definition) is 0. The van der Waals surface area contributed by atoms with Gasteiger partial charge in [-0.25, -0.2) is 9.79 Å². The van der Waals surface area contributed by atoms with E-state index in [1.165, 1.54) is 6.08 Å². The number of esters is 1. The molecule has 0 atom stereocenters. The molecule has 0 amide bonds. The predicted octanol–water partition coefficient (Wildman–Crippen LogP) is 3.13. The molecular formula is C17H21NO3. The van der Waals surface area contributed by atoms with Crippen molar-refractivity contribution < 1.29 is 14.3 Å². The molecule has 0 aliphatic carbocycles. The van der Waals surface area contributed by atoms with Gasteiger partial charge in [-0.2, -0.15) is 0 Å². The molecule has 0 bridgehead atoms. The lowest BCUT2D eigenvalue weighted by Gasteiger charge is -2.09. The van der Waals surface area contributed by atoms with Crippen molar-refractivity contribution in [3.05, 3.63) is 41.0 Å². The summed E-state index contributed by atoms with van der Waals surface area (Å²) in [4.78, 5) is 16.1. The van der Waals surface area contributed by atoms with Crippen LogP contribution in [0.4, 0.5) is 0 Å². The van der Waals surface area contributed by atoms with Crippen molar-refractivity contribution in [1.82, 2.24) is 0 Å². The van der Waals surface area contributed by atoms with Gasteiger partial charge in [-0.1, -0.05) is 18.2 Å². The van der Waals surface area contributed by atoms with Crippen LogP contribution in [0.15, 0.2) is 29.3 Å². The van der Waals surface area contributed by atoms with Crippen molar-refractivity contribution in [1.29, 1.82) is 0 Å². The second kappa shape index (κ2) is 6.12. The highest BCUT2D eigenvalue weighted by Crippen LogP contribution is 2.25. The molecule has 0 aromatic heterocycles. The molecule has 0 saturated carbocycles. The fourth-order valence-corrected chi connectivity index (χ4v) is 2.18. The summed E-state index contributed by atoms with van der Waals surface area (Å²) in [6, 6.07) is 5.90. The van der Waals surface area contributed by atoms with Gasteiger partial charge in [0.1, 0.15) is 6.61 Å². The molecule has 0 N–H and O–H groups in total. The van der Waals surface area contributed by atoms with E-state index in [4.69, 9.17) is 9.47 Å². The first-order valence-corrected chi connectivity index (χ1v) is 7.10. The summed E-state index contributed by atoms with van der Waals surface area (Å²) >= 11 is 0. The summed E-state index contributed by atoms with van der Waals surface area (Å²) < 4.78 is 10.6. The Morgan fingerprint density at radius 3 is 2.86 bits per heavy atom. The highest BCUT2D eigenvalue weighted by Gasteiger charge is 2.28. The molecule has 4 heteroatoms. The maximum atomic E-state index is 11.5. The van der Waals surface area contributed by atoms with Gasteiger partial charge in [0.05, 0.1) is 12.1 Å². The fraction of sp³-hybridized carbons (Fsp3) is 0.412. The molecule has 4 nitrogen and oxygen atoms in total. The van der Waals surface area contributed by atoms with E-state index >= 15 is 0 Å². The lowest BCUT2D eigenvalue weighted by Crippen LogP contribution is -2.17. The molecule has 1 heterocycles. The van der Waals surface area contributed by atoms with Gasteiger partial charge in [-0.15, -0.1) is 0 Å². The molecule has 0 fully saturated rings. The molecule has 0 spiro atoms. The Balaban J connectivity index is 2.36. The molecule has 0 unspecified atom stereocenters. The number of nitrogens with zero attached hydrogens (tertiary/aromatic N) is 1. The smallest absolute Gasteiger partial charge is 0.330 e. The number of carbonyl (C=O) groups is 1. The zero-order valence-corrected chi connectivity index (χ0v) is 13.0. The van der Waals surface area contributed by atoms with Crippen LogP contribution in [-0.2, 0) is 14.3 Å². The average molecular weight is 287 g/mol. The zero-order chi connectivity index (χ0) is 15.5. The standard InChI is InChI=1S/C17H21NO3/c1-5-20-14(19)10-9-13-8-6-7-12(2)15(13)16-18-17(3,4)11-21-16/h6-10H,5,11H2,1-4H3/b10-9+. The van der Waals surface area contributed by atoms with Crippen LogP contribution in [0.1, 0.15) is 37.5 Å². The first-order valence-electron chi connectivity index (χ1n) is 7.10. The predicted molar refractivity (Wildman–Crippen MR) is 83.4 cm³/mol. The van der Waals surface area contributed by atoms with Crippen LogP contribution in [0.5, 0.6) is 0 Å². The third kappa shape index (κ3) is 3.72. The second-order valence-electron chi connectivity index (χ2n) is 5.64. The van der Waals surface area contributed by atoms with Crippen LogP contribution in [0.25, 0.3) is 6.08 Å². The Bertz CT molecular complexity index is 600. The van der Waals surface area contributed by atoms with Crippen molar-refractivity contribution in [2.75, 3.05) is 13.2 Å². The molecule has 21 heavy (non-hydrogen) atoms. The van der Waals surface area contributed by atoms with E-state index in [-0.39, 0.29) is 11.5 Å². The van der Waals surface area contributed by atoms with Crippen molar-refractivity contribution in [2.24, 2.45) is 4.99 Å². The second-order valence-corrected chi connectivity index (χ2v) is 5.64. The van der Waals surface area contributed by atoms with Gasteiger partial charge in [-0.05, 0) is 44.9 Å². The molecule has 1 aromatic rings. The van der Waals surface area contributed by atoms with Crippen molar-refractivity contribution >= 4 is 17.9 Å². The number of carbonyl (C=O) groups excluding carboxylic acids is 1. The number of rotatable bonds is 4. The van der Waals surface area contributed by atoms with Gasteiger partial charge in [-0.3, -0.25) is 0 Å².